The Morgan fingerprint density at radius 1 is 1.27 bits per heavy atom. The molecule has 1 heterocycles. The van der Waals surface area contributed by atoms with Crippen molar-refractivity contribution >= 4 is 17.5 Å². The number of anilines is 1. The first-order chi connectivity index (χ1) is 12.2. The number of rotatable bonds is 5. The van der Waals surface area contributed by atoms with Crippen LogP contribution in [-0.2, 0) is 9.53 Å². The molecule has 0 aliphatic carbocycles. The Balaban J connectivity index is 2.14. The maximum Gasteiger partial charge on any atom is 0.405 e. The molecule has 1 aliphatic heterocycles. The van der Waals surface area contributed by atoms with Gasteiger partial charge in [0.05, 0.1) is 5.41 Å². The molecule has 0 aromatic heterocycles. The minimum atomic E-state index is -4.49. The van der Waals surface area contributed by atoms with Crippen LogP contribution in [0.25, 0.3) is 0 Å². The fourth-order valence-electron chi connectivity index (χ4n) is 2.72. The molecule has 0 bridgehead atoms. The van der Waals surface area contributed by atoms with Gasteiger partial charge in [0.2, 0.25) is 5.91 Å². The first kappa shape index (κ1) is 20.2. The normalized spacial score (nSPS) is 16.8. The Labute approximate surface area is 149 Å². The van der Waals surface area contributed by atoms with Gasteiger partial charge in [-0.3, -0.25) is 9.59 Å². The van der Waals surface area contributed by atoms with Crippen LogP contribution in [0.15, 0.2) is 18.2 Å². The van der Waals surface area contributed by atoms with Crippen LogP contribution in [0, 0.1) is 12.3 Å². The van der Waals surface area contributed by atoms with E-state index in [0.717, 1.165) is 0 Å². The fraction of sp³-hybridized carbons (Fsp3) is 0.529. The molecule has 0 saturated carbocycles. The Kier molecular flexibility index (Phi) is 6.25. The maximum atomic E-state index is 12.7. The van der Waals surface area contributed by atoms with Gasteiger partial charge in [-0.2, -0.15) is 13.2 Å². The topological polar surface area (TPSA) is 93.5 Å². The molecule has 1 aromatic carbocycles. The minimum Gasteiger partial charge on any atom is -0.381 e. The lowest BCUT2D eigenvalue weighted by molar-refractivity contribution is -0.130. The first-order valence-electron chi connectivity index (χ1n) is 8.22. The third-order valence-corrected chi connectivity index (χ3v) is 4.52. The predicted molar refractivity (Wildman–Crippen MR) is 89.7 cm³/mol. The van der Waals surface area contributed by atoms with Gasteiger partial charge in [-0.05, 0) is 37.5 Å². The number of benzene rings is 1. The van der Waals surface area contributed by atoms with E-state index in [1.54, 1.807) is 13.0 Å². The minimum absolute atomic E-state index is 0.0314. The molecule has 6 nitrogen and oxygen atoms in total. The zero-order valence-corrected chi connectivity index (χ0v) is 14.4. The van der Waals surface area contributed by atoms with E-state index in [-0.39, 0.29) is 18.0 Å². The average molecular weight is 373 g/mol. The molecule has 0 radical (unpaired) electrons. The van der Waals surface area contributed by atoms with Crippen LogP contribution < -0.4 is 16.4 Å². The van der Waals surface area contributed by atoms with E-state index in [4.69, 9.17) is 10.5 Å². The summed E-state index contributed by atoms with van der Waals surface area (Å²) in [7, 11) is 0. The summed E-state index contributed by atoms with van der Waals surface area (Å²) in [5.41, 5.74) is 6.14. The molecule has 144 valence electrons. The van der Waals surface area contributed by atoms with Gasteiger partial charge >= 0.3 is 6.18 Å². The fourth-order valence-corrected chi connectivity index (χ4v) is 2.72. The molecule has 1 saturated heterocycles. The quantitative estimate of drug-likeness (QED) is 0.736. The summed E-state index contributed by atoms with van der Waals surface area (Å²) in [6, 6.07) is 4.34. The van der Waals surface area contributed by atoms with E-state index in [0.29, 0.717) is 37.3 Å². The third-order valence-electron chi connectivity index (χ3n) is 4.52. The van der Waals surface area contributed by atoms with Crippen molar-refractivity contribution in [3.05, 3.63) is 29.3 Å². The zero-order valence-electron chi connectivity index (χ0n) is 14.4. The molecule has 4 N–H and O–H groups in total. The summed E-state index contributed by atoms with van der Waals surface area (Å²) in [5, 5.41) is 4.57. The van der Waals surface area contributed by atoms with E-state index in [1.807, 2.05) is 5.32 Å². The van der Waals surface area contributed by atoms with Crippen molar-refractivity contribution in [2.24, 2.45) is 11.1 Å². The Morgan fingerprint density at radius 3 is 2.50 bits per heavy atom. The number of carbonyl (C=O) groups excluding carboxylic acids is 2. The van der Waals surface area contributed by atoms with E-state index in [1.165, 1.54) is 12.1 Å². The second kappa shape index (κ2) is 8.05. The van der Waals surface area contributed by atoms with Crippen molar-refractivity contribution in [3.8, 4) is 0 Å². The lowest BCUT2D eigenvalue weighted by Gasteiger charge is -2.34. The van der Waals surface area contributed by atoms with Gasteiger partial charge in [0.1, 0.15) is 6.54 Å². The van der Waals surface area contributed by atoms with Gasteiger partial charge in [-0.1, -0.05) is 6.07 Å². The van der Waals surface area contributed by atoms with Gasteiger partial charge in [0, 0.05) is 31.0 Å². The van der Waals surface area contributed by atoms with Crippen molar-refractivity contribution in [2.45, 2.75) is 25.9 Å². The van der Waals surface area contributed by atoms with Crippen LogP contribution in [0.5, 0.6) is 0 Å². The second-order valence-corrected chi connectivity index (χ2v) is 6.38. The SMILES string of the molecule is Cc1ccc(C(=O)NCC(F)(F)F)cc1NC(=O)C1(CN)CCOCC1. The molecule has 2 amide bonds. The Morgan fingerprint density at radius 2 is 1.92 bits per heavy atom. The number of alkyl halides is 3. The van der Waals surface area contributed by atoms with Crippen LogP contribution >= 0.6 is 0 Å². The van der Waals surface area contributed by atoms with Crippen LogP contribution in [0.2, 0.25) is 0 Å². The number of amides is 2. The van der Waals surface area contributed by atoms with Gasteiger partial charge in [0.25, 0.3) is 5.91 Å². The van der Waals surface area contributed by atoms with Gasteiger partial charge < -0.3 is 21.1 Å². The third kappa shape index (κ3) is 4.95. The van der Waals surface area contributed by atoms with Crippen molar-refractivity contribution in [2.75, 3.05) is 31.6 Å². The van der Waals surface area contributed by atoms with E-state index in [9.17, 15) is 22.8 Å². The highest BCUT2D eigenvalue weighted by atomic mass is 19.4. The number of carbonyl (C=O) groups is 2. The molecule has 1 aromatic rings. The maximum absolute atomic E-state index is 12.7. The Hall–Kier alpha value is -2.13. The number of hydrogen-bond donors (Lipinski definition) is 3. The van der Waals surface area contributed by atoms with Gasteiger partial charge in [0.15, 0.2) is 0 Å². The summed E-state index contributed by atoms with van der Waals surface area (Å²) < 4.78 is 42.0. The second-order valence-electron chi connectivity index (χ2n) is 6.38. The predicted octanol–water partition coefficient (Wildman–Crippen LogP) is 1.98. The number of aryl methyl sites for hydroxylation is 1. The number of ether oxygens (including phenoxy) is 1. The highest BCUT2D eigenvalue weighted by Crippen LogP contribution is 2.31. The molecule has 9 heteroatoms. The van der Waals surface area contributed by atoms with Crippen molar-refractivity contribution in [1.82, 2.24) is 5.32 Å². The Bertz CT molecular complexity index is 671. The smallest absolute Gasteiger partial charge is 0.381 e. The summed E-state index contributed by atoms with van der Waals surface area (Å²) in [5.74, 6) is -1.14. The first-order valence-corrected chi connectivity index (χ1v) is 8.22. The average Bonchev–Trinajstić information content (AvgIpc) is 2.61. The standard InChI is InChI=1S/C17H22F3N3O3/c1-11-2-3-12(14(24)22-10-17(18,19)20)8-13(11)23-15(25)16(9-21)4-6-26-7-5-16/h2-3,8H,4-7,9-10,21H2,1H3,(H,22,24)(H,23,25). The summed E-state index contributed by atoms with van der Waals surface area (Å²) in [4.78, 5) is 24.6. The zero-order chi connectivity index (χ0) is 19.4. The van der Waals surface area contributed by atoms with E-state index in [2.05, 4.69) is 5.32 Å². The van der Waals surface area contributed by atoms with Crippen LogP contribution in [0.3, 0.4) is 0 Å². The molecule has 26 heavy (non-hydrogen) atoms. The van der Waals surface area contributed by atoms with E-state index < -0.39 is 24.0 Å². The molecule has 1 aliphatic rings. The molecular formula is C17H22F3N3O3. The number of nitrogens with one attached hydrogen (secondary N) is 2. The molecule has 1 fully saturated rings. The van der Waals surface area contributed by atoms with Crippen molar-refractivity contribution in [3.63, 3.8) is 0 Å². The lowest BCUT2D eigenvalue weighted by Crippen LogP contribution is -2.46. The van der Waals surface area contributed by atoms with E-state index >= 15 is 0 Å². The van der Waals surface area contributed by atoms with Crippen molar-refractivity contribution < 1.29 is 27.5 Å². The van der Waals surface area contributed by atoms with Crippen molar-refractivity contribution in [1.29, 1.82) is 0 Å². The van der Waals surface area contributed by atoms with Gasteiger partial charge in [-0.25, -0.2) is 0 Å². The number of hydrogen-bond acceptors (Lipinski definition) is 4. The molecular weight excluding hydrogens is 351 g/mol. The molecule has 0 unspecified atom stereocenters. The summed E-state index contributed by atoms with van der Waals surface area (Å²) in [6.45, 7) is 1.34. The molecule has 0 spiro atoms. The monoisotopic (exact) mass is 373 g/mol. The summed E-state index contributed by atoms with van der Waals surface area (Å²) in [6.07, 6.45) is -3.52. The number of halogens is 3. The van der Waals surface area contributed by atoms with Gasteiger partial charge in [-0.15, -0.1) is 0 Å². The largest absolute Gasteiger partial charge is 0.405 e. The van der Waals surface area contributed by atoms with Crippen LogP contribution in [-0.4, -0.2) is 44.3 Å². The highest BCUT2D eigenvalue weighted by molar-refractivity contribution is 5.99. The van der Waals surface area contributed by atoms with Crippen LogP contribution in [0.4, 0.5) is 18.9 Å². The molecule has 0 atom stereocenters. The van der Waals surface area contributed by atoms with Crippen LogP contribution in [0.1, 0.15) is 28.8 Å². The lowest BCUT2D eigenvalue weighted by atomic mass is 9.79. The summed E-state index contributed by atoms with van der Waals surface area (Å²) >= 11 is 0. The highest BCUT2D eigenvalue weighted by Gasteiger charge is 2.39. The number of nitrogens with two attached hydrogens (primary N) is 1. The molecule has 2 rings (SSSR count).